The van der Waals surface area contributed by atoms with Crippen molar-refractivity contribution in [1.29, 1.82) is 0 Å². The molecule has 8 heteroatoms. The minimum Gasteiger partial charge on any atom is -0.308 e. The quantitative estimate of drug-likeness (QED) is 0.849. The van der Waals surface area contributed by atoms with Crippen molar-refractivity contribution in [2.45, 2.75) is 6.43 Å². The molecule has 0 aromatic carbocycles. The maximum atomic E-state index is 12.5. The first-order chi connectivity index (χ1) is 9.54. The molecule has 2 aromatic heterocycles. The van der Waals surface area contributed by atoms with E-state index in [1.807, 2.05) is 0 Å². The van der Waals surface area contributed by atoms with E-state index >= 15 is 0 Å². The Morgan fingerprint density at radius 1 is 1.10 bits per heavy atom. The second-order valence-electron chi connectivity index (χ2n) is 3.72. The van der Waals surface area contributed by atoms with E-state index in [1.54, 1.807) is 6.07 Å². The van der Waals surface area contributed by atoms with Gasteiger partial charge in [-0.25, -0.2) is 18.6 Å². The highest BCUT2D eigenvalue weighted by molar-refractivity contribution is 6.29. The number of hydrogen-bond acceptors (Lipinski definition) is 3. The Labute approximate surface area is 118 Å². The van der Waals surface area contributed by atoms with Gasteiger partial charge in [-0.05, 0) is 24.3 Å². The Hall–Kier alpha value is -2.28. The highest BCUT2D eigenvalue weighted by atomic mass is 35.5. The van der Waals surface area contributed by atoms with Crippen LogP contribution in [0.4, 0.5) is 25.0 Å². The molecule has 0 unspecified atom stereocenters. The fraction of sp³-hybridized carbons (Fsp3) is 0.0833. The van der Waals surface area contributed by atoms with Gasteiger partial charge in [-0.1, -0.05) is 11.6 Å². The zero-order valence-electron chi connectivity index (χ0n) is 9.98. The van der Waals surface area contributed by atoms with E-state index in [2.05, 4.69) is 20.6 Å². The number of rotatable bonds is 3. The molecule has 2 rings (SSSR count). The van der Waals surface area contributed by atoms with Gasteiger partial charge in [-0.3, -0.25) is 4.98 Å². The van der Waals surface area contributed by atoms with Gasteiger partial charge in [0.2, 0.25) is 0 Å². The molecule has 2 amide bonds. The van der Waals surface area contributed by atoms with Crippen LogP contribution in [-0.4, -0.2) is 16.0 Å². The number of carbonyl (C=O) groups excluding carboxylic acids is 1. The molecule has 0 aliphatic rings. The van der Waals surface area contributed by atoms with E-state index in [0.717, 1.165) is 6.07 Å². The number of urea groups is 1. The molecule has 2 aromatic rings. The highest BCUT2D eigenvalue weighted by Gasteiger charge is 2.10. The zero-order chi connectivity index (χ0) is 14.5. The van der Waals surface area contributed by atoms with Crippen molar-refractivity contribution in [3.05, 3.63) is 47.5 Å². The second-order valence-corrected chi connectivity index (χ2v) is 4.10. The van der Waals surface area contributed by atoms with Crippen LogP contribution >= 0.6 is 11.6 Å². The molecule has 5 nitrogen and oxygen atoms in total. The molecule has 0 spiro atoms. The minimum atomic E-state index is -2.70. The summed E-state index contributed by atoms with van der Waals surface area (Å²) in [6, 6.07) is 4.92. The standard InChI is InChI=1S/C12H9ClF2N4O/c13-10-6-8(2-4-17-10)19-12(20)18-7-1-3-16-9(5-7)11(14)15/h1-6,11H,(H2,16,17,18,19,20). The van der Waals surface area contributed by atoms with Gasteiger partial charge in [-0.2, -0.15) is 0 Å². The SMILES string of the molecule is O=C(Nc1ccnc(Cl)c1)Nc1ccnc(C(F)F)c1. The van der Waals surface area contributed by atoms with Gasteiger partial charge in [0.1, 0.15) is 10.8 Å². The van der Waals surface area contributed by atoms with Crippen molar-refractivity contribution in [3.63, 3.8) is 0 Å². The van der Waals surface area contributed by atoms with Crippen molar-refractivity contribution in [1.82, 2.24) is 9.97 Å². The lowest BCUT2D eigenvalue weighted by atomic mass is 10.3. The number of nitrogens with one attached hydrogen (secondary N) is 2. The van der Waals surface area contributed by atoms with E-state index in [1.165, 1.54) is 24.5 Å². The topological polar surface area (TPSA) is 66.9 Å². The largest absolute Gasteiger partial charge is 0.323 e. The van der Waals surface area contributed by atoms with E-state index in [-0.39, 0.29) is 10.8 Å². The Morgan fingerprint density at radius 3 is 2.30 bits per heavy atom. The summed E-state index contributed by atoms with van der Waals surface area (Å²) in [5.74, 6) is 0. The maximum absolute atomic E-state index is 12.5. The van der Waals surface area contributed by atoms with Crippen molar-refractivity contribution >= 4 is 29.0 Å². The smallest absolute Gasteiger partial charge is 0.308 e. The summed E-state index contributed by atoms with van der Waals surface area (Å²) in [7, 11) is 0. The number of amides is 2. The summed E-state index contributed by atoms with van der Waals surface area (Å²) >= 11 is 5.67. The number of halogens is 3. The number of aromatic nitrogens is 2. The second kappa shape index (κ2) is 6.25. The summed E-state index contributed by atoms with van der Waals surface area (Å²) in [6.45, 7) is 0. The lowest BCUT2D eigenvalue weighted by Gasteiger charge is -2.08. The third-order valence-corrected chi connectivity index (χ3v) is 2.45. The molecule has 104 valence electrons. The molecule has 0 radical (unpaired) electrons. The first kappa shape index (κ1) is 14.1. The lowest BCUT2D eigenvalue weighted by molar-refractivity contribution is 0.146. The van der Waals surface area contributed by atoms with Crippen LogP contribution in [0, 0.1) is 0 Å². The van der Waals surface area contributed by atoms with Gasteiger partial charge in [0.05, 0.1) is 0 Å². The first-order valence-electron chi connectivity index (χ1n) is 5.48. The van der Waals surface area contributed by atoms with Gasteiger partial charge in [0.15, 0.2) is 0 Å². The molecule has 0 atom stereocenters. The number of pyridine rings is 2. The average Bonchev–Trinajstić information content (AvgIpc) is 2.38. The third-order valence-electron chi connectivity index (χ3n) is 2.25. The van der Waals surface area contributed by atoms with Crippen LogP contribution in [0.3, 0.4) is 0 Å². The van der Waals surface area contributed by atoms with Crippen molar-refractivity contribution in [3.8, 4) is 0 Å². The third kappa shape index (κ3) is 3.86. The molecule has 20 heavy (non-hydrogen) atoms. The molecule has 0 bridgehead atoms. The molecule has 2 N–H and O–H groups in total. The predicted molar refractivity (Wildman–Crippen MR) is 71.1 cm³/mol. The van der Waals surface area contributed by atoms with Crippen LogP contribution in [0.1, 0.15) is 12.1 Å². The summed E-state index contributed by atoms with van der Waals surface area (Å²) in [4.78, 5) is 18.9. The van der Waals surface area contributed by atoms with Gasteiger partial charge in [0, 0.05) is 23.8 Å². The van der Waals surface area contributed by atoms with Gasteiger partial charge in [0.25, 0.3) is 6.43 Å². The van der Waals surface area contributed by atoms with E-state index in [9.17, 15) is 13.6 Å². The van der Waals surface area contributed by atoms with Gasteiger partial charge >= 0.3 is 6.03 Å². The van der Waals surface area contributed by atoms with Crippen LogP contribution in [0.25, 0.3) is 0 Å². The summed E-state index contributed by atoms with van der Waals surface area (Å²) in [6.07, 6.45) is -0.0708. The molecule has 0 aliphatic carbocycles. The Morgan fingerprint density at radius 2 is 1.70 bits per heavy atom. The summed E-state index contributed by atoms with van der Waals surface area (Å²) in [5, 5.41) is 5.14. The molecule has 2 heterocycles. The number of nitrogens with zero attached hydrogens (tertiary/aromatic N) is 2. The van der Waals surface area contributed by atoms with Crippen LogP contribution in [-0.2, 0) is 0 Å². The van der Waals surface area contributed by atoms with Crippen LogP contribution in [0.15, 0.2) is 36.7 Å². The molecule has 0 saturated carbocycles. The fourth-order valence-electron chi connectivity index (χ4n) is 1.42. The van der Waals surface area contributed by atoms with Crippen LogP contribution in [0.5, 0.6) is 0 Å². The number of carbonyl (C=O) groups is 1. The summed E-state index contributed by atoms with van der Waals surface area (Å²) < 4.78 is 24.9. The van der Waals surface area contributed by atoms with Crippen LogP contribution < -0.4 is 10.6 Å². The van der Waals surface area contributed by atoms with Gasteiger partial charge < -0.3 is 10.6 Å². The highest BCUT2D eigenvalue weighted by Crippen LogP contribution is 2.19. The Bertz CT molecular complexity index is 624. The molecule has 0 aliphatic heterocycles. The molecular formula is C12H9ClF2N4O. The number of alkyl halides is 2. The molecule has 0 saturated heterocycles. The Kier molecular flexibility index (Phi) is 4.41. The van der Waals surface area contributed by atoms with E-state index in [4.69, 9.17) is 11.6 Å². The maximum Gasteiger partial charge on any atom is 0.323 e. The number of anilines is 2. The molecule has 0 fully saturated rings. The summed E-state index contributed by atoms with van der Waals surface area (Å²) in [5.41, 5.74) is 0.244. The van der Waals surface area contributed by atoms with Crippen molar-refractivity contribution in [2.75, 3.05) is 10.6 Å². The Balaban J connectivity index is 2.03. The van der Waals surface area contributed by atoms with Crippen molar-refractivity contribution in [2.24, 2.45) is 0 Å². The van der Waals surface area contributed by atoms with E-state index in [0.29, 0.717) is 5.69 Å². The lowest BCUT2D eigenvalue weighted by Crippen LogP contribution is -2.19. The molecular weight excluding hydrogens is 290 g/mol. The van der Waals surface area contributed by atoms with Crippen molar-refractivity contribution < 1.29 is 13.6 Å². The zero-order valence-corrected chi connectivity index (χ0v) is 10.7. The fourth-order valence-corrected chi connectivity index (χ4v) is 1.59. The minimum absolute atomic E-state index is 0.216. The first-order valence-corrected chi connectivity index (χ1v) is 5.86. The average molecular weight is 299 g/mol. The monoisotopic (exact) mass is 298 g/mol. The van der Waals surface area contributed by atoms with Gasteiger partial charge in [-0.15, -0.1) is 0 Å². The normalized spacial score (nSPS) is 10.4. The van der Waals surface area contributed by atoms with E-state index < -0.39 is 18.2 Å². The predicted octanol–water partition coefficient (Wildman–Crippen LogP) is 3.71. The van der Waals surface area contributed by atoms with Crippen LogP contribution in [0.2, 0.25) is 5.15 Å². The number of hydrogen-bond donors (Lipinski definition) is 2.